The minimum absolute atomic E-state index is 0.0433. The zero-order chi connectivity index (χ0) is 27.1. The van der Waals surface area contributed by atoms with Crippen LogP contribution in [-0.2, 0) is 36.4 Å². The number of carbonyl (C=O) groups excluding carboxylic acids is 1. The van der Waals surface area contributed by atoms with Gasteiger partial charge in [-0.25, -0.2) is 4.79 Å². The highest BCUT2D eigenvalue weighted by atomic mass is 19.4. The van der Waals surface area contributed by atoms with E-state index in [4.69, 9.17) is 4.74 Å². The van der Waals surface area contributed by atoms with Gasteiger partial charge in [-0.3, -0.25) is 4.90 Å². The number of alkyl halides is 9. The number of carbonyl (C=O) groups is 1. The third-order valence-corrected chi connectivity index (χ3v) is 5.77. The Kier molecular flexibility index (Phi) is 7.54. The molecular weight excluding hydrogens is 507 g/mol. The van der Waals surface area contributed by atoms with E-state index in [0.29, 0.717) is 24.2 Å². The summed E-state index contributed by atoms with van der Waals surface area (Å²) in [5, 5.41) is 2.96. The van der Waals surface area contributed by atoms with E-state index >= 15 is 0 Å². The lowest BCUT2D eigenvalue weighted by atomic mass is 9.97. The van der Waals surface area contributed by atoms with E-state index in [1.54, 1.807) is 6.92 Å². The van der Waals surface area contributed by atoms with Crippen molar-refractivity contribution >= 4 is 6.09 Å². The second kappa shape index (κ2) is 9.83. The molecule has 2 aromatic carbocycles. The maximum absolute atomic E-state index is 13.3. The van der Waals surface area contributed by atoms with E-state index in [1.165, 1.54) is 13.0 Å². The van der Waals surface area contributed by atoms with Gasteiger partial charge in [-0.05, 0) is 60.5 Å². The van der Waals surface area contributed by atoms with Gasteiger partial charge in [0, 0.05) is 13.1 Å². The first kappa shape index (κ1) is 27.6. The van der Waals surface area contributed by atoms with Gasteiger partial charge in [0.25, 0.3) is 0 Å². The summed E-state index contributed by atoms with van der Waals surface area (Å²) in [6.45, 7) is 3.39. The van der Waals surface area contributed by atoms with Crippen molar-refractivity contribution in [1.82, 2.24) is 10.2 Å². The molecule has 0 saturated carbocycles. The molecule has 198 valence electrons. The van der Waals surface area contributed by atoms with Gasteiger partial charge in [0.05, 0.1) is 22.7 Å². The lowest BCUT2D eigenvalue weighted by molar-refractivity contribution is -0.143. The Balaban J connectivity index is 1.98. The molecule has 0 radical (unpaired) electrons. The van der Waals surface area contributed by atoms with Gasteiger partial charge in [0.1, 0.15) is 6.10 Å². The molecule has 2 atom stereocenters. The van der Waals surface area contributed by atoms with Crippen molar-refractivity contribution < 1.29 is 49.0 Å². The number of rotatable bonds is 6. The fraction of sp³-hybridized carbons (Fsp3) is 0.435. The van der Waals surface area contributed by atoms with Crippen LogP contribution in [0.5, 0.6) is 0 Å². The highest BCUT2D eigenvalue weighted by Gasteiger charge is 2.43. The van der Waals surface area contributed by atoms with Crippen LogP contribution in [0.3, 0.4) is 0 Å². The van der Waals surface area contributed by atoms with E-state index in [1.807, 2.05) is 0 Å². The predicted octanol–water partition coefficient (Wildman–Crippen LogP) is 6.93. The Labute approximate surface area is 200 Å². The third kappa shape index (κ3) is 6.05. The van der Waals surface area contributed by atoms with Crippen LogP contribution in [-0.4, -0.2) is 23.6 Å². The molecule has 1 fully saturated rings. The Hall–Kier alpha value is -2.96. The molecule has 1 saturated heterocycles. The number of halogens is 9. The number of amides is 1. The van der Waals surface area contributed by atoms with Crippen molar-refractivity contribution in [3.63, 3.8) is 0 Å². The number of ether oxygens (including phenoxy) is 1. The molecule has 0 aromatic heterocycles. The van der Waals surface area contributed by atoms with Crippen molar-refractivity contribution in [3.8, 4) is 0 Å². The molecule has 0 bridgehead atoms. The van der Waals surface area contributed by atoms with Crippen LogP contribution in [0.4, 0.5) is 44.3 Å². The zero-order valence-corrected chi connectivity index (χ0v) is 18.9. The highest BCUT2D eigenvalue weighted by molar-refractivity contribution is 5.71. The summed E-state index contributed by atoms with van der Waals surface area (Å²) in [6, 6.07) is 2.79. The molecule has 4 nitrogen and oxygen atoms in total. The highest BCUT2D eigenvalue weighted by Crippen LogP contribution is 2.41. The molecule has 0 unspecified atom stereocenters. The molecular formula is C23H21F9N2O2. The molecule has 3 rings (SSSR count). The summed E-state index contributed by atoms with van der Waals surface area (Å²) in [7, 11) is 0. The van der Waals surface area contributed by atoms with Crippen LogP contribution in [0.1, 0.15) is 53.3 Å². The van der Waals surface area contributed by atoms with Crippen LogP contribution >= 0.6 is 0 Å². The second-order valence-corrected chi connectivity index (χ2v) is 8.27. The topological polar surface area (TPSA) is 41.6 Å². The first-order valence-electron chi connectivity index (χ1n) is 10.7. The maximum Gasteiger partial charge on any atom is 0.416 e. The molecule has 36 heavy (non-hydrogen) atoms. The Bertz CT molecular complexity index is 1080. The lowest BCUT2D eigenvalue weighted by Crippen LogP contribution is -2.32. The first-order chi connectivity index (χ1) is 16.5. The summed E-state index contributed by atoms with van der Waals surface area (Å²) in [4.78, 5) is 13.5. The Morgan fingerprint density at radius 2 is 1.39 bits per heavy atom. The number of benzene rings is 2. The average molecular weight is 528 g/mol. The van der Waals surface area contributed by atoms with Crippen molar-refractivity contribution in [1.29, 1.82) is 0 Å². The number of nitrogens with one attached hydrogen (secondary N) is 1. The standard InChI is InChI=1S/C23H21F9N2O2/c1-3-33-10-13-4-5-16(21(24,25)26)8-15(13)11-34-12(2)19(36-20(34)35)14-6-17(22(27,28)29)9-18(7-14)23(30,31)32/h4-9,12,19,33H,3,10-11H2,1-2H3/t12-,19-/m0/s1. The van der Waals surface area contributed by atoms with Crippen molar-refractivity contribution in [3.05, 3.63) is 69.8 Å². The second-order valence-electron chi connectivity index (χ2n) is 8.27. The Morgan fingerprint density at radius 3 is 1.89 bits per heavy atom. The average Bonchev–Trinajstić information content (AvgIpc) is 3.04. The predicted molar refractivity (Wildman–Crippen MR) is 109 cm³/mol. The van der Waals surface area contributed by atoms with Gasteiger partial charge in [0.2, 0.25) is 0 Å². The van der Waals surface area contributed by atoms with Crippen LogP contribution in [0, 0.1) is 0 Å². The molecule has 1 aliphatic rings. The molecule has 1 heterocycles. The minimum Gasteiger partial charge on any atom is -0.439 e. The van der Waals surface area contributed by atoms with Gasteiger partial charge < -0.3 is 10.1 Å². The third-order valence-electron chi connectivity index (χ3n) is 5.77. The fourth-order valence-electron chi connectivity index (χ4n) is 3.87. The van der Waals surface area contributed by atoms with Crippen LogP contribution < -0.4 is 5.32 Å². The SMILES string of the molecule is CCNCc1ccc(C(F)(F)F)cc1CN1C(=O)O[C@H](c2cc(C(F)(F)F)cc(C(F)(F)F)c2)[C@@H]1C. The molecule has 1 aliphatic heterocycles. The van der Waals surface area contributed by atoms with E-state index in [2.05, 4.69) is 5.32 Å². The molecule has 0 spiro atoms. The lowest BCUT2D eigenvalue weighted by Gasteiger charge is -2.24. The van der Waals surface area contributed by atoms with Crippen molar-refractivity contribution in [2.45, 2.75) is 57.6 Å². The Morgan fingerprint density at radius 1 is 0.833 bits per heavy atom. The van der Waals surface area contributed by atoms with Gasteiger partial charge in [-0.1, -0.05) is 13.0 Å². The number of cyclic esters (lactones) is 1. The quantitative estimate of drug-likeness (QED) is 0.414. The minimum atomic E-state index is -5.10. The molecule has 0 aliphatic carbocycles. The van der Waals surface area contributed by atoms with Crippen LogP contribution in [0.15, 0.2) is 36.4 Å². The molecule has 2 aromatic rings. The summed E-state index contributed by atoms with van der Waals surface area (Å²) < 4.78 is 124. The van der Waals surface area contributed by atoms with E-state index in [9.17, 15) is 44.3 Å². The van der Waals surface area contributed by atoms with Crippen molar-refractivity contribution in [2.75, 3.05) is 6.54 Å². The summed E-state index contributed by atoms with van der Waals surface area (Å²) >= 11 is 0. The summed E-state index contributed by atoms with van der Waals surface area (Å²) in [5.41, 5.74) is -4.10. The summed E-state index contributed by atoms with van der Waals surface area (Å²) in [6.07, 6.45) is -17.5. The van der Waals surface area contributed by atoms with Gasteiger partial charge in [-0.2, -0.15) is 39.5 Å². The van der Waals surface area contributed by atoms with E-state index in [0.717, 1.165) is 17.0 Å². The van der Waals surface area contributed by atoms with Crippen LogP contribution in [0.25, 0.3) is 0 Å². The normalized spacial score (nSPS) is 19.1. The largest absolute Gasteiger partial charge is 0.439 e. The van der Waals surface area contributed by atoms with Gasteiger partial charge in [0.15, 0.2) is 0 Å². The fourth-order valence-corrected chi connectivity index (χ4v) is 3.87. The smallest absolute Gasteiger partial charge is 0.416 e. The molecule has 1 N–H and O–H groups in total. The monoisotopic (exact) mass is 528 g/mol. The molecule has 1 amide bonds. The van der Waals surface area contributed by atoms with Gasteiger partial charge in [-0.15, -0.1) is 0 Å². The summed E-state index contributed by atoms with van der Waals surface area (Å²) in [5.74, 6) is 0. The number of hydrogen-bond donors (Lipinski definition) is 1. The van der Waals surface area contributed by atoms with Gasteiger partial charge >= 0.3 is 24.6 Å². The molecule has 13 heteroatoms. The van der Waals surface area contributed by atoms with Crippen LogP contribution in [0.2, 0.25) is 0 Å². The zero-order valence-electron chi connectivity index (χ0n) is 18.9. The van der Waals surface area contributed by atoms with Crippen molar-refractivity contribution in [2.24, 2.45) is 0 Å². The van der Waals surface area contributed by atoms with E-state index in [-0.39, 0.29) is 18.2 Å². The number of hydrogen-bond acceptors (Lipinski definition) is 3. The first-order valence-corrected chi connectivity index (χ1v) is 10.7. The number of nitrogens with zero attached hydrogens (tertiary/aromatic N) is 1. The van der Waals surface area contributed by atoms with E-state index < -0.39 is 65.6 Å². The maximum atomic E-state index is 13.3.